The summed E-state index contributed by atoms with van der Waals surface area (Å²) in [6.45, 7) is 10.5. The van der Waals surface area contributed by atoms with Crippen LogP contribution in [0.3, 0.4) is 0 Å². The van der Waals surface area contributed by atoms with Gasteiger partial charge in [0.25, 0.3) is 0 Å². The highest BCUT2D eigenvalue weighted by molar-refractivity contribution is 7.67. The normalized spacial score (nSPS) is 15.0. The monoisotopic (exact) mass is 214 g/mol. The smallest absolute Gasteiger partial charge is 0.160 e. The average Bonchev–Trinajstić information content (AvgIpc) is 1.52. The predicted octanol–water partition coefficient (Wildman–Crippen LogP) is 3.91. The zero-order chi connectivity index (χ0) is 10.2. The predicted molar refractivity (Wildman–Crippen MR) is 55.4 cm³/mol. The lowest BCUT2D eigenvalue weighted by molar-refractivity contribution is 0.589. The van der Waals surface area contributed by atoms with E-state index < -0.39 is 21.4 Å². The molecule has 0 aliphatic heterocycles. The molecule has 1 N–H and O–H groups in total. The summed E-state index contributed by atoms with van der Waals surface area (Å²) in [6, 6.07) is 0. The molecule has 0 heterocycles. The van der Waals surface area contributed by atoms with Crippen LogP contribution in [-0.2, 0) is 0 Å². The second kappa shape index (κ2) is 3.32. The van der Waals surface area contributed by atoms with Gasteiger partial charge in [-0.1, -0.05) is 19.6 Å². The third-order valence-electron chi connectivity index (χ3n) is 1.32. The Morgan fingerprint density at radius 2 is 1.42 bits per heavy atom. The van der Waals surface area contributed by atoms with Crippen LogP contribution in [0.5, 0.6) is 0 Å². The molecule has 0 spiro atoms. The minimum Gasteiger partial charge on any atom is -0.160 e. The maximum Gasteiger partial charge on any atom is 0.458 e. The number of hydrogen-bond acceptors (Lipinski definition) is 1. The van der Waals surface area contributed by atoms with Crippen molar-refractivity contribution in [3.8, 4) is 0 Å². The number of nitrogens with one attached hydrogen (secondary N) is 1. The molecule has 0 aliphatic rings. The van der Waals surface area contributed by atoms with E-state index in [-0.39, 0.29) is 0 Å². The van der Waals surface area contributed by atoms with Crippen molar-refractivity contribution >= 4 is 16.3 Å². The highest BCUT2D eigenvalue weighted by Gasteiger charge is 2.57. The van der Waals surface area contributed by atoms with Gasteiger partial charge in [-0.2, -0.15) is 4.75 Å². The average molecular weight is 214 g/mol. The molecule has 12 heavy (non-hydrogen) atoms. The summed E-state index contributed by atoms with van der Waals surface area (Å²) in [6.07, 6.45) is 0. The first-order valence-electron chi connectivity index (χ1n) is 4.04. The van der Waals surface area contributed by atoms with Gasteiger partial charge in [0.2, 0.25) is 0 Å². The van der Waals surface area contributed by atoms with E-state index in [1.807, 2.05) is 19.6 Å². The molecule has 74 valence electrons. The van der Waals surface area contributed by atoms with Crippen LogP contribution in [0.4, 0.5) is 8.39 Å². The fourth-order valence-electron chi connectivity index (χ4n) is 0.589. The van der Waals surface area contributed by atoms with Gasteiger partial charge in [-0.3, -0.25) is 0 Å². The maximum absolute atomic E-state index is 13.5. The molecule has 0 saturated carbocycles. The zero-order valence-corrected chi connectivity index (χ0v) is 10.6. The molecule has 0 aromatic rings. The number of hydrogen-bond donors (Lipinski definition) is 1. The lowest BCUT2D eigenvalue weighted by atomic mass is 10.3. The van der Waals surface area contributed by atoms with E-state index in [9.17, 15) is 8.39 Å². The second-order valence-corrected chi connectivity index (χ2v) is 12.8. The molecule has 0 rings (SSSR count). The molecule has 0 unspecified atom stereocenters. The summed E-state index contributed by atoms with van der Waals surface area (Å²) < 4.78 is 29.5. The Bertz CT molecular complexity index is 160. The Morgan fingerprint density at radius 1 is 1.08 bits per heavy atom. The molecular formula is C7H19F2NPSi+. The number of rotatable bonds is 2. The van der Waals surface area contributed by atoms with Crippen molar-refractivity contribution in [2.75, 3.05) is 0 Å². The van der Waals surface area contributed by atoms with Gasteiger partial charge >= 0.3 is 8.03 Å². The Morgan fingerprint density at radius 3 is 1.50 bits per heavy atom. The molecule has 5 heteroatoms. The molecule has 0 aliphatic carbocycles. The standard InChI is InChI=1S/C7H19F2NPSi/c1-7(2,3)11(8,9)10-12(4,5)6/h10H,1-6H3/q+1. The highest BCUT2D eigenvalue weighted by atomic mass is 31.2. The van der Waals surface area contributed by atoms with E-state index in [1.54, 1.807) is 20.8 Å². The quantitative estimate of drug-likeness (QED) is 0.543. The largest absolute Gasteiger partial charge is 0.458 e. The molecule has 0 amide bonds. The van der Waals surface area contributed by atoms with Gasteiger partial charge in [0.1, 0.15) is 0 Å². The Hall–Kier alpha value is 0.467. The van der Waals surface area contributed by atoms with E-state index in [4.69, 9.17) is 0 Å². The lowest BCUT2D eigenvalue weighted by Crippen LogP contribution is -2.42. The van der Waals surface area contributed by atoms with E-state index in [0.717, 1.165) is 0 Å². The molecule has 0 radical (unpaired) electrons. The van der Waals surface area contributed by atoms with Crippen LogP contribution >= 0.6 is 8.03 Å². The summed E-state index contributed by atoms with van der Waals surface area (Å²) in [5.41, 5.74) is 0. The molecule has 0 atom stereocenters. The summed E-state index contributed by atoms with van der Waals surface area (Å²) in [4.78, 5) is 0. The Kier molecular flexibility index (Phi) is 3.44. The first kappa shape index (κ1) is 12.5. The van der Waals surface area contributed by atoms with Gasteiger partial charge in [0, 0.05) is 0 Å². The van der Waals surface area contributed by atoms with Gasteiger partial charge in [-0.15, -0.1) is 0 Å². The van der Waals surface area contributed by atoms with E-state index in [1.165, 1.54) is 0 Å². The Balaban J connectivity index is 4.44. The zero-order valence-electron chi connectivity index (χ0n) is 8.70. The van der Waals surface area contributed by atoms with Crippen molar-refractivity contribution in [2.45, 2.75) is 45.6 Å². The van der Waals surface area contributed by atoms with Gasteiger partial charge in [-0.25, -0.2) is 0 Å². The fourth-order valence-corrected chi connectivity index (χ4v) is 5.30. The van der Waals surface area contributed by atoms with Crippen molar-refractivity contribution in [1.82, 2.24) is 4.75 Å². The molecular weight excluding hydrogens is 195 g/mol. The summed E-state index contributed by atoms with van der Waals surface area (Å²) in [5, 5.41) is -0.896. The third kappa shape index (κ3) is 3.92. The highest BCUT2D eigenvalue weighted by Crippen LogP contribution is 2.69. The maximum atomic E-state index is 13.5. The SMILES string of the molecule is CC(C)(C)[P+](F)(F)N[Si](C)(C)C. The summed E-state index contributed by atoms with van der Waals surface area (Å²) >= 11 is 0. The van der Waals surface area contributed by atoms with Crippen LogP contribution in [-0.4, -0.2) is 13.4 Å². The molecule has 0 aromatic heterocycles. The van der Waals surface area contributed by atoms with E-state index in [2.05, 4.69) is 4.75 Å². The van der Waals surface area contributed by atoms with Crippen molar-refractivity contribution in [3.05, 3.63) is 0 Å². The van der Waals surface area contributed by atoms with Crippen LogP contribution in [0, 0.1) is 0 Å². The van der Waals surface area contributed by atoms with Gasteiger partial charge < -0.3 is 0 Å². The first-order chi connectivity index (χ1) is 4.96. The minimum absolute atomic E-state index is 0.896. The molecule has 0 bridgehead atoms. The van der Waals surface area contributed by atoms with Crippen molar-refractivity contribution in [1.29, 1.82) is 0 Å². The topological polar surface area (TPSA) is 12.0 Å². The van der Waals surface area contributed by atoms with Crippen LogP contribution in [0.2, 0.25) is 19.6 Å². The molecule has 0 fully saturated rings. The first-order valence-corrected chi connectivity index (χ1v) is 9.11. The molecule has 1 nitrogen and oxygen atoms in total. The van der Waals surface area contributed by atoms with E-state index >= 15 is 0 Å². The minimum atomic E-state index is -3.94. The van der Waals surface area contributed by atoms with Crippen LogP contribution in [0.1, 0.15) is 20.8 Å². The van der Waals surface area contributed by atoms with Crippen LogP contribution in [0.15, 0.2) is 0 Å². The van der Waals surface area contributed by atoms with Crippen LogP contribution in [0.25, 0.3) is 0 Å². The van der Waals surface area contributed by atoms with Gasteiger partial charge in [0.05, 0.1) is 0 Å². The number of halogens is 2. The molecule has 0 aromatic carbocycles. The fraction of sp³-hybridized carbons (Fsp3) is 1.00. The second-order valence-electron chi connectivity index (χ2n) is 5.05. The third-order valence-corrected chi connectivity index (χ3v) is 6.81. The van der Waals surface area contributed by atoms with Crippen molar-refractivity contribution in [3.63, 3.8) is 0 Å². The summed E-state index contributed by atoms with van der Waals surface area (Å²) in [7, 11) is -5.79. The van der Waals surface area contributed by atoms with Gasteiger partial charge in [-0.05, 0) is 29.2 Å². The summed E-state index contributed by atoms with van der Waals surface area (Å²) in [5.74, 6) is 0. The Labute approximate surface area is 75.7 Å². The lowest BCUT2D eigenvalue weighted by Gasteiger charge is -2.25. The van der Waals surface area contributed by atoms with Crippen molar-refractivity contribution in [2.24, 2.45) is 0 Å². The van der Waals surface area contributed by atoms with Crippen LogP contribution < -0.4 is 4.75 Å². The van der Waals surface area contributed by atoms with E-state index in [0.29, 0.717) is 0 Å². The van der Waals surface area contributed by atoms with Crippen molar-refractivity contribution < 1.29 is 8.39 Å². The molecule has 0 saturated heterocycles. The van der Waals surface area contributed by atoms with Gasteiger partial charge in [0.15, 0.2) is 13.4 Å².